The lowest BCUT2D eigenvalue weighted by Gasteiger charge is -2.10. The van der Waals surface area contributed by atoms with Crippen molar-refractivity contribution in [3.63, 3.8) is 0 Å². The Hall–Kier alpha value is -0.190. The largest absolute Gasteiger partial charge is 0.398 e. The minimum absolute atomic E-state index is 0.253. The highest BCUT2D eigenvalue weighted by Gasteiger charge is 2.04. The third-order valence-corrected chi connectivity index (χ3v) is 3.66. The Labute approximate surface area is 97.3 Å². The number of nitrogens with two attached hydrogens (primary N) is 1. The number of methoxy groups -OCH3 is 1. The number of nitrogen functional groups attached to an aromatic ring is 1. The summed E-state index contributed by atoms with van der Waals surface area (Å²) in [6, 6.07) is 5.93. The van der Waals surface area contributed by atoms with Crippen molar-refractivity contribution in [2.24, 2.45) is 0 Å². The Morgan fingerprint density at radius 1 is 1.57 bits per heavy atom. The van der Waals surface area contributed by atoms with Crippen LogP contribution in [0.15, 0.2) is 27.6 Å². The van der Waals surface area contributed by atoms with Crippen LogP contribution in [-0.4, -0.2) is 19.0 Å². The SMILES string of the molecule is COC(C)CSc1ccc(Br)cc1N. The van der Waals surface area contributed by atoms with Crippen molar-refractivity contribution in [3.05, 3.63) is 22.7 Å². The molecule has 0 saturated heterocycles. The molecule has 0 heterocycles. The molecule has 0 spiro atoms. The highest BCUT2D eigenvalue weighted by Crippen LogP contribution is 2.28. The molecule has 2 nitrogen and oxygen atoms in total. The molecule has 0 aliphatic rings. The highest BCUT2D eigenvalue weighted by atomic mass is 79.9. The average molecular weight is 276 g/mol. The van der Waals surface area contributed by atoms with Crippen LogP contribution in [0.1, 0.15) is 6.92 Å². The van der Waals surface area contributed by atoms with Gasteiger partial charge in [-0.15, -0.1) is 11.8 Å². The van der Waals surface area contributed by atoms with E-state index >= 15 is 0 Å². The van der Waals surface area contributed by atoms with Crippen LogP contribution < -0.4 is 5.73 Å². The Balaban J connectivity index is 2.59. The van der Waals surface area contributed by atoms with Crippen LogP contribution in [0.25, 0.3) is 0 Å². The number of hydrogen-bond donors (Lipinski definition) is 1. The van der Waals surface area contributed by atoms with Gasteiger partial charge in [0.25, 0.3) is 0 Å². The highest BCUT2D eigenvalue weighted by molar-refractivity contribution is 9.10. The van der Waals surface area contributed by atoms with E-state index in [9.17, 15) is 0 Å². The molecule has 1 rings (SSSR count). The van der Waals surface area contributed by atoms with Gasteiger partial charge in [0.05, 0.1) is 6.10 Å². The third-order valence-electron chi connectivity index (χ3n) is 1.85. The van der Waals surface area contributed by atoms with Crippen molar-refractivity contribution >= 4 is 33.4 Å². The molecule has 0 amide bonds. The smallest absolute Gasteiger partial charge is 0.0637 e. The summed E-state index contributed by atoms with van der Waals surface area (Å²) in [4.78, 5) is 1.11. The van der Waals surface area contributed by atoms with Crippen LogP contribution in [0.5, 0.6) is 0 Å². The van der Waals surface area contributed by atoms with Crippen molar-refractivity contribution in [1.82, 2.24) is 0 Å². The first kappa shape index (κ1) is 11.9. The van der Waals surface area contributed by atoms with Crippen molar-refractivity contribution in [1.29, 1.82) is 0 Å². The van der Waals surface area contributed by atoms with E-state index in [0.717, 1.165) is 20.8 Å². The summed E-state index contributed by atoms with van der Waals surface area (Å²) in [5.74, 6) is 0.919. The standard InChI is InChI=1S/C10H14BrNOS/c1-7(13-2)6-14-10-4-3-8(11)5-9(10)12/h3-5,7H,6,12H2,1-2H3. The van der Waals surface area contributed by atoms with Gasteiger partial charge in [0, 0.05) is 27.9 Å². The van der Waals surface area contributed by atoms with Gasteiger partial charge in [-0.2, -0.15) is 0 Å². The molecule has 0 aliphatic carbocycles. The van der Waals surface area contributed by atoms with Crippen molar-refractivity contribution in [2.75, 3.05) is 18.6 Å². The molecule has 2 N–H and O–H groups in total. The number of anilines is 1. The van der Waals surface area contributed by atoms with Gasteiger partial charge in [-0.1, -0.05) is 15.9 Å². The zero-order valence-corrected chi connectivity index (χ0v) is 10.7. The molecule has 0 aromatic heterocycles. The molecule has 1 unspecified atom stereocenters. The van der Waals surface area contributed by atoms with Gasteiger partial charge in [-0.25, -0.2) is 0 Å². The quantitative estimate of drug-likeness (QED) is 0.677. The predicted molar refractivity (Wildman–Crippen MR) is 65.7 cm³/mol. The summed E-state index contributed by atoms with van der Waals surface area (Å²) < 4.78 is 6.18. The van der Waals surface area contributed by atoms with E-state index < -0.39 is 0 Å². The number of ether oxygens (including phenoxy) is 1. The maximum absolute atomic E-state index is 5.86. The van der Waals surface area contributed by atoms with Crippen LogP contribution in [0.2, 0.25) is 0 Å². The lowest BCUT2D eigenvalue weighted by atomic mass is 10.3. The minimum atomic E-state index is 0.253. The van der Waals surface area contributed by atoms with Crippen molar-refractivity contribution in [3.8, 4) is 0 Å². The first-order chi connectivity index (χ1) is 6.63. The molecule has 14 heavy (non-hydrogen) atoms. The molecule has 4 heteroatoms. The molecule has 0 radical (unpaired) electrons. The molecule has 78 valence electrons. The van der Waals surface area contributed by atoms with Gasteiger partial charge in [-0.05, 0) is 25.1 Å². The van der Waals surface area contributed by atoms with Crippen LogP contribution >= 0.6 is 27.7 Å². The Bertz CT molecular complexity index is 306. The fourth-order valence-corrected chi connectivity index (χ4v) is 2.24. The number of rotatable bonds is 4. The van der Waals surface area contributed by atoms with Gasteiger partial charge < -0.3 is 10.5 Å². The molecule has 0 saturated carbocycles. The fourth-order valence-electron chi connectivity index (χ4n) is 0.926. The second-order valence-corrected chi connectivity index (χ2v) is 5.02. The number of hydrogen-bond acceptors (Lipinski definition) is 3. The first-order valence-corrected chi connectivity index (χ1v) is 6.12. The number of benzene rings is 1. The summed E-state index contributed by atoms with van der Waals surface area (Å²) >= 11 is 5.09. The van der Waals surface area contributed by atoms with E-state index in [-0.39, 0.29) is 6.10 Å². The molecule has 0 aliphatic heterocycles. The average Bonchev–Trinajstić information content (AvgIpc) is 2.16. The second kappa shape index (κ2) is 5.63. The van der Waals surface area contributed by atoms with Crippen molar-refractivity contribution in [2.45, 2.75) is 17.9 Å². The molecule has 0 fully saturated rings. The van der Waals surface area contributed by atoms with Gasteiger partial charge >= 0.3 is 0 Å². The zero-order valence-electron chi connectivity index (χ0n) is 8.29. The van der Waals surface area contributed by atoms with Crippen LogP contribution in [-0.2, 0) is 4.74 Å². The Kier molecular flexibility index (Phi) is 4.78. The Morgan fingerprint density at radius 3 is 2.86 bits per heavy atom. The van der Waals surface area contributed by atoms with Gasteiger partial charge in [-0.3, -0.25) is 0 Å². The summed E-state index contributed by atoms with van der Waals surface area (Å²) in [6.07, 6.45) is 0.253. The molecular weight excluding hydrogens is 262 g/mol. The third kappa shape index (κ3) is 3.52. The molecule has 0 bridgehead atoms. The van der Waals surface area contributed by atoms with Gasteiger partial charge in [0.2, 0.25) is 0 Å². The van der Waals surface area contributed by atoms with E-state index in [1.165, 1.54) is 0 Å². The molecular formula is C10H14BrNOS. The second-order valence-electron chi connectivity index (χ2n) is 3.04. The summed E-state index contributed by atoms with van der Waals surface area (Å²) in [7, 11) is 1.72. The molecule has 1 atom stereocenters. The van der Waals surface area contributed by atoms with E-state index in [1.54, 1.807) is 18.9 Å². The lowest BCUT2D eigenvalue weighted by molar-refractivity contribution is 0.138. The number of halogens is 1. The topological polar surface area (TPSA) is 35.2 Å². The van der Waals surface area contributed by atoms with Gasteiger partial charge in [0.1, 0.15) is 0 Å². The van der Waals surface area contributed by atoms with Crippen LogP contribution in [0.4, 0.5) is 5.69 Å². The fraction of sp³-hybridized carbons (Fsp3) is 0.400. The monoisotopic (exact) mass is 275 g/mol. The predicted octanol–water partition coefficient (Wildman–Crippen LogP) is 3.16. The normalized spacial score (nSPS) is 12.8. The minimum Gasteiger partial charge on any atom is -0.398 e. The lowest BCUT2D eigenvalue weighted by Crippen LogP contribution is -2.07. The van der Waals surface area contributed by atoms with Crippen molar-refractivity contribution < 1.29 is 4.74 Å². The van der Waals surface area contributed by atoms with Crippen LogP contribution in [0.3, 0.4) is 0 Å². The molecule has 1 aromatic rings. The number of thioether (sulfide) groups is 1. The maximum Gasteiger partial charge on any atom is 0.0637 e. The first-order valence-electron chi connectivity index (χ1n) is 4.34. The van der Waals surface area contributed by atoms with E-state index in [1.807, 2.05) is 25.1 Å². The van der Waals surface area contributed by atoms with E-state index in [4.69, 9.17) is 10.5 Å². The van der Waals surface area contributed by atoms with E-state index in [2.05, 4.69) is 15.9 Å². The summed E-state index contributed by atoms with van der Waals surface area (Å²) in [6.45, 7) is 2.04. The summed E-state index contributed by atoms with van der Waals surface area (Å²) in [5.41, 5.74) is 6.67. The van der Waals surface area contributed by atoms with E-state index in [0.29, 0.717) is 0 Å². The van der Waals surface area contributed by atoms with Crippen LogP contribution in [0, 0.1) is 0 Å². The van der Waals surface area contributed by atoms with Gasteiger partial charge in [0.15, 0.2) is 0 Å². The molecule has 1 aromatic carbocycles. The maximum atomic E-state index is 5.86. The zero-order chi connectivity index (χ0) is 10.6. The summed E-state index contributed by atoms with van der Waals surface area (Å²) in [5, 5.41) is 0. The Morgan fingerprint density at radius 2 is 2.29 bits per heavy atom.